The van der Waals surface area contributed by atoms with Crippen molar-refractivity contribution in [1.29, 1.82) is 0 Å². The standard InChI is InChI=1S/C47H78O6/c1-4-7-10-13-16-19-22-23-24-26-28-31-34-37-40-46(49)52-43-44(42-51-45(48)39-36-33-30-27-21-18-15-12-9-6-3)53-47(50)41-38-35-32-29-25-20-17-14-11-8-5-2/h7-8,10-11,16-17,19-20,23-24,29,32,44H,4-6,9,12-15,18,21-22,25-28,30-31,33-43H2,1-3H3/b10-7-,11-8-,19-16-,20-17-,24-23-,32-29-. The molecule has 0 heterocycles. The number of carbonyl (C=O) groups is 3. The molecule has 0 aliphatic carbocycles. The van der Waals surface area contributed by atoms with Gasteiger partial charge in [-0.2, -0.15) is 0 Å². The van der Waals surface area contributed by atoms with Gasteiger partial charge >= 0.3 is 17.9 Å². The van der Waals surface area contributed by atoms with Crippen molar-refractivity contribution in [2.24, 2.45) is 0 Å². The van der Waals surface area contributed by atoms with E-state index < -0.39 is 6.10 Å². The fourth-order valence-corrected chi connectivity index (χ4v) is 5.54. The second-order valence-electron chi connectivity index (χ2n) is 13.8. The largest absolute Gasteiger partial charge is 0.462 e. The molecule has 0 saturated heterocycles. The Kier molecular flexibility index (Phi) is 39.1. The van der Waals surface area contributed by atoms with E-state index in [9.17, 15) is 14.4 Å². The Morgan fingerprint density at radius 3 is 1.21 bits per heavy atom. The van der Waals surface area contributed by atoms with Gasteiger partial charge in [0.05, 0.1) is 0 Å². The highest BCUT2D eigenvalue weighted by molar-refractivity contribution is 5.71. The molecular formula is C47H78O6. The van der Waals surface area contributed by atoms with Gasteiger partial charge in [-0.15, -0.1) is 0 Å². The molecule has 0 fully saturated rings. The Hall–Kier alpha value is -3.15. The number of carbonyl (C=O) groups excluding carboxylic acids is 3. The summed E-state index contributed by atoms with van der Waals surface area (Å²) in [5, 5.41) is 0. The molecule has 0 rings (SSSR count). The van der Waals surface area contributed by atoms with Crippen molar-refractivity contribution in [3.8, 4) is 0 Å². The molecule has 0 radical (unpaired) electrons. The summed E-state index contributed by atoms with van der Waals surface area (Å²) in [5.41, 5.74) is 0. The van der Waals surface area contributed by atoms with Crippen LogP contribution >= 0.6 is 0 Å². The zero-order valence-electron chi connectivity index (χ0n) is 34.3. The normalized spacial score (nSPS) is 12.7. The van der Waals surface area contributed by atoms with Crippen molar-refractivity contribution in [3.05, 3.63) is 72.9 Å². The van der Waals surface area contributed by atoms with Gasteiger partial charge in [-0.25, -0.2) is 0 Å². The lowest BCUT2D eigenvalue weighted by molar-refractivity contribution is -0.167. The van der Waals surface area contributed by atoms with Gasteiger partial charge in [-0.05, 0) is 77.0 Å². The highest BCUT2D eigenvalue weighted by atomic mass is 16.6. The Labute approximate surface area is 325 Å². The average molecular weight is 739 g/mol. The Bertz CT molecular complexity index is 1030. The van der Waals surface area contributed by atoms with Crippen LogP contribution in [0.3, 0.4) is 0 Å². The molecule has 53 heavy (non-hydrogen) atoms. The molecule has 1 atom stereocenters. The van der Waals surface area contributed by atoms with Crippen molar-refractivity contribution in [2.75, 3.05) is 13.2 Å². The molecule has 0 aromatic carbocycles. The summed E-state index contributed by atoms with van der Waals surface area (Å²) in [4.78, 5) is 37.6. The molecule has 6 nitrogen and oxygen atoms in total. The fraction of sp³-hybridized carbons (Fsp3) is 0.681. The Balaban J connectivity index is 4.48. The number of rotatable bonds is 37. The zero-order valence-corrected chi connectivity index (χ0v) is 34.3. The van der Waals surface area contributed by atoms with Crippen LogP contribution in [0.25, 0.3) is 0 Å². The van der Waals surface area contributed by atoms with Crippen molar-refractivity contribution in [1.82, 2.24) is 0 Å². The quantitative estimate of drug-likeness (QED) is 0.0273. The van der Waals surface area contributed by atoms with Gasteiger partial charge in [0.2, 0.25) is 0 Å². The Morgan fingerprint density at radius 1 is 0.396 bits per heavy atom. The maximum absolute atomic E-state index is 12.6. The van der Waals surface area contributed by atoms with E-state index in [0.717, 1.165) is 96.3 Å². The van der Waals surface area contributed by atoms with E-state index in [0.29, 0.717) is 19.3 Å². The van der Waals surface area contributed by atoms with Crippen LogP contribution in [0.5, 0.6) is 0 Å². The summed E-state index contributed by atoms with van der Waals surface area (Å²) in [7, 11) is 0. The van der Waals surface area contributed by atoms with E-state index in [1.165, 1.54) is 44.9 Å². The maximum Gasteiger partial charge on any atom is 0.306 e. The number of unbranched alkanes of at least 4 members (excludes halogenated alkanes) is 14. The predicted molar refractivity (Wildman–Crippen MR) is 224 cm³/mol. The minimum Gasteiger partial charge on any atom is -0.462 e. The van der Waals surface area contributed by atoms with Gasteiger partial charge in [0.1, 0.15) is 13.2 Å². The zero-order chi connectivity index (χ0) is 38.7. The third-order valence-electron chi connectivity index (χ3n) is 8.71. The van der Waals surface area contributed by atoms with Gasteiger partial charge in [-0.3, -0.25) is 14.4 Å². The van der Waals surface area contributed by atoms with E-state index >= 15 is 0 Å². The van der Waals surface area contributed by atoms with Gasteiger partial charge in [-0.1, -0.05) is 164 Å². The summed E-state index contributed by atoms with van der Waals surface area (Å²) in [6, 6.07) is 0. The number of hydrogen-bond acceptors (Lipinski definition) is 6. The molecule has 0 aliphatic heterocycles. The summed E-state index contributed by atoms with van der Waals surface area (Å²) < 4.78 is 16.6. The second-order valence-corrected chi connectivity index (χ2v) is 13.8. The summed E-state index contributed by atoms with van der Waals surface area (Å²) in [6.07, 6.45) is 50.4. The number of allylic oxidation sites excluding steroid dienone is 12. The molecule has 0 bridgehead atoms. The van der Waals surface area contributed by atoms with Gasteiger partial charge < -0.3 is 14.2 Å². The summed E-state index contributed by atoms with van der Waals surface area (Å²) in [6.45, 7) is 6.30. The van der Waals surface area contributed by atoms with Crippen molar-refractivity contribution < 1.29 is 28.6 Å². The molecule has 0 spiro atoms. The Morgan fingerprint density at radius 2 is 0.755 bits per heavy atom. The number of ether oxygens (including phenoxy) is 3. The van der Waals surface area contributed by atoms with Crippen LogP contribution in [-0.4, -0.2) is 37.2 Å². The third kappa shape index (κ3) is 39.9. The van der Waals surface area contributed by atoms with Crippen LogP contribution in [0.4, 0.5) is 0 Å². The fourth-order valence-electron chi connectivity index (χ4n) is 5.54. The smallest absolute Gasteiger partial charge is 0.306 e. The van der Waals surface area contributed by atoms with Crippen molar-refractivity contribution in [3.63, 3.8) is 0 Å². The minimum atomic E-state index is -0.806. The first-order valence-electron chi connectivity index (χ1n) is 21.4. The number of esters is 3. The summed E-state index contributed by atoms with van der Waals surface area (Å²) in [5.74, 6) is -0.991. The highest BCUT2D eigenvalue weighted by Gasteiger charge is 2.19. The van der Waals surface area contributed by atoms with Crippen molar-refractivity contribution >= 4 is 17.9 Å². The first-order chi connectivity index (χ1) is 26.0. The first-order valence-corrected chi connectivity index (χ1v) is 21.4. The van der Waals surface area contributed by atoms with E-state index in [2.05, 4.69) is 93.7 Å². The minimum absolute atomic E-state index is 0.103. The van der Waals surface area contributed by atoms with Crippen LogP contribution in [0, 0.1) is 0 Å². The SMILES string of the molecule is CC/C=C\C/C=C\C/C=C\CCCCCCC(=O)OCC(COC(=O)CCCCCCCCCCCC)OC(=O)CCC/C=C\C/C=C\C/C=C\CC. The molecule has 0 aromatic heterocycles. The van der Waals surface area contributed by atoms with Crippen LogP contribution < -0.4 is 0 Å². The first kappa shape index (κ1) is 49.9. The molecule has 1 unspecified atom stereocenters. The average Bonchev–Trinajstić information content (AvgIpc) is 3.15. The van der Waals surface area contributed by atoms with Crippen molar-refractivity contribution in [2.45, 2.75) is 194 Å². The van der Waals surface area contributed by atoms with Gasteiger partial charge in [0.25, 0.3) is 0 Å². The van der Waals surface area contributed by atoms with Crippen LogP contribution in [0.2, 0.25) is 0 Å². The van der Waals surface area contributed by atoms with E-state index in [4.69, 9.17) is 14.2 Å². The second kappa shape index (κ2) is 41.6. The molecule has 0 saturated carbocycles. The molecular weight excluding hydrogens is 661 g/mol. The number of hydrogen-bond donors (Lipinski definition) is 0. The summed E-state index contributed by atoms with van der Waals surface area (Å²) >= 11 is 0. The predicted octanol–water partition coefficient (Wildman–Crippen LogP) is 13.5. The highest BCUT2D eigenvalue weighted by Crippen LogP contribution is 2.13. The van der Waals surface area contributed by atoms with Crippen LogP contribution in [0.15, 0.2) is 72.9 Å². The topological polar surface area (TPSA) is 78.9 Å². The van der Waals surface area contributed by atoms with Gasteiger partial charge in [0, 0.05) is 19.3 Å². The molecule has 302 valence electrons. The lowest BCUT2D eigenvalue weighted by Crippen LogP contribution is -2.30. The van der Waals surface area contributed by atoms with Crippen LogP contribution in [0.1, 0.15) is 188 Å². The van der Waals surface area contributed by atoms with Crippen LogP contribution in [-0.2, 0) is 28.6 Å². The molecule has 0 N–H and O–H groups in total. The third-order valence-corrected chi connectivity index (χ3v) is 8.71. The molecule has 0 amide bonds. The molecule has 0 aliphatic rings. The monoisotopic (exact) mass is 739 g/mol. The lowest BCUT2D eigenvalue weighted by atomic mass is 10.1. The maximum atomic E-state index is 12.6. The molecule has 0 aromatic rings. The van der Waals surface area contributed by atoms with E-state index in [-0.39, 0.29) is 37.5 Å². The van der Waals surface area contributed by atoms with E-state index in [1.807, 2.05) is 0 Å². The van der Waals surface area contributed by atoms with Gasteiger partial charge in [0.15, 0.2) is 6.10 Å². The molecule has 6 heteroatoms. The van der Waals surface area contributed by atoms with E-state index in [1.54, 1.807) is 0 Å². The lowest BCUT2D eigenvalue weighted by Gasteiger charge is -2.18.